The molecule has 1 amide bonds. The van der Waals surface area contributed by atoms with E-state index in [9.17, 15) is 4.79 Å². The Hall–Kier alpha value is -0.570. The van der Waals surface area contributed by atoms with Crippen LogP contribution in [0, 0.1) is 0 Å². The minimum atomic E-state index is -0.0588. The largest absolute Gasteiger partial charge is 0.355 e. The number of rotatable bonds is 6. The van der Waals surface area contributed by atoms with Gasteiger partial charge in [-0.05, 0) is 26.8 Å². The van der Waals surface area contributed by atoms with E-state index in [1.54, 1.807) is 0 Å². The lowest BCUT2D eigenvalue weighted by atomic mass is 10.3. The van der Waals surface area contributed by atoms with Crippen molar-refractivity contribution in [2.45, 2.75) is 39.7 Å². The van der Waals surface area contributed by atoms with Crippen LogP contribution in [0.15, 0.2) is 0 Å². The Labute approximate surface area is 74.9 Å². The molecule has 0 aromatic heterocycles. The van der Waals surface area contributed by atoms with Crippen molar-refractivity contribution in [3.8, 4) is 0 Å². The van der Waals surface area contributed by atoms with Gasteiger partial charge >= 0.3 is 0 Å². The van der Waals surface area contributed by atoms with Gasteiger partial charge < -0.3 is 10.6 Å². The molecule has 0 rings (SSSR count). The number of hydrogen-bond donors (Lipinski definition) is 2. The van der Waals surface area contributed by atoms with Gasteiger partial charge in [-0.1, -0.05) is 13.3 Å². The van der Waals surface area contributed by atoms with Gasteiger partial charge in [0, 0.05) is 6.54 Å². The van der Waals surface area contributed by atoms with Gasteiger partial charge in [-0.3, -0.25) is 4.79 Å². The molecule has 3 heteroatoms. The van der Waals surface area contributed by atoms with Crippen LogP contribution in [0.25, 0.3) is 0 Å². The number of likely N-dealkylation sites (N-methyl/N-ethyl adjacent to an activating group) is 1. The van der Waals surface area contributed by atoms with Gasteiger partial charge in [-0.15, -0.1) is 0 Å². The lowest BCUT2D eigenvalue weighted by molar-refractivity contribution is -0.122. The van der Waals surface area contributed by atoms with Gasteiger partial charge in [0.2, 0.25) is 5.91 Å². The van der Waals surface area contributed by atoms with Crippen LogP contribution in [0.1, 0.15) is 33.6 Å². The van der Waals surface area contributed by atoms with E-state index in [1.807, 2.05) is 13.8 Å². The summed E-state index contributed by atoms with van der Waals surface area (Å²) in [6.07, 6.45) is 2.29. The Morgan fingerprint density at radius 1 is 1.42 bits per heavy atom. The second kappa shape index (κ2) is 7.10. The highest BCUT2D eigenvalue weighted by Crippen LogP contribution is 1.86. The fraction of sp³-hybridized carbons (Fsp3) is 0.889. The highest BCUT2D eigenvalue weighted by atomic mass is 16.2. The van der Waals surface area contributed by atoms with Crippen LogP contribution in [0.3, 0.4) is 0 Å². The number of nitrogens with one attached hydrogen (secondary N) is 2. The van der Waals surface area contributed by atoms with Crippen LogP contribution < -0.4 is 10.6 Å². The summed E-state index contributed by atoms with van der Waals surface area (Å²) in [5.74, 6) is 0.0913. The van der Waals surface area contributed by atoms with Crippen molar-refractivity contribution in [2.24, 2.45) is 0 Å². The first-order chi connectivity index (χ1) is 5.72. The Morgan fingerprint density at radius 3 is 2.58 bits per heavy atom. The highest BCUT2D eigenvalue weighted by molar-refractivity contribution is 5.81. The number of unbranched alkanes of at least 4 members (excludes halogenated alkanes) is 1. The fourth-order valence-corrected chi connectivity index (χ4v) is 0.915. The molecular weight excluding hydrogens is 152 g/mol. The van der Waals surface area contributed by atoms with Gasteiger partial charge in [0.25, 0.3) is 0 Å². The third-order valence-electron chi connectivity index (χ3n) is 1.73. The number of hydrogen-bond acceptors (Lipinski definition) is 2. The molecule has 2 N–H and O–H groups in total. The minimum Gasteiger partial charge on any atom is -0.355 e. The second-order valence-electron chi connectivity index (χ2n) is 2.92. The van der Waals surface area contributed by atoms with Crippen LogP contribution >= 0.6 is 0 Å². The van der Waals surface area contributed by atoms with Gasteiger partial charge in [0.1, 0.15) is 0 Å². The molecular formula is C9H20N2O. The lowest BCUT2D eigenvalue weighted by Crippen LogP contribution is -2.42. The number of amides is 1. The van der Waals surface area contributed by atoms with E-state index in [4.69, 9.17) is 0 Å². The van der Waals surface area contributed by atoms with E-state index in [-0.39, 0.29) is 11.9 Å². The summed E-state index contributed by atoms with van der Waals surface area (Å²) in [6, 6.07) is -0.0588. The normalized spacial score (nSPS) is 12.6. The number of carbonyl (C=O) groups is 1. The maximum absolute atomic E-state index is 11.2. The molecule has 0 aromatic carbocycles. The van der Waals surface area contributed by atoms with E-state index in [0.717, 1.165) is 19.4 Å². The summed E-state index contributed by atoms with van der Waals surface area (Å²) < 4.78 is 0. The third-order valence-corrected chi connectivity index (χ3v) is 1.73. The van der Waals surface area contributed by atoms with Crippen LogP contribution in [0.4, 0.5) is 0 Å². The lowest BCUT2D eigenvalue weighted by Gasteiger charge is -2.12. The summed E-state index contributed by atoms with van der Waals surface area (Å²) in [5, 5.41) is 5.93. The van der Waals surface area contributed by atoms with E-state index in [2.05, 4.69) is 17.6 Å². The Kier molecular flexibility index (Phi) is 6.76. The SMILES string of the molecule is CCCCNC(C)C(=O)NCC. The summed E-state index contributed by atoms with van der Waals surface area (Å²) in [5.41, 5.74) is 0. The first kappa shape index (κ1) is 11.4. The van der Waals surface area contributed by atoms with E-state index >= 15 is 0 Å². The Bertz CT molecular complexity index is 126. The van der Waals surface area contributed by atoms with Gasteiger partial charge in [-0.2, -0.15) is 0 Å². The highest BCUT2D eigenvalue weighted by Gasteiger charge is 2.08. The van der Waals surface area contributed by atoms with Crippen molar-refractivity contribution in [2.75, 3.05) is 13.1 Å². The van der Waals surface area contributed by atoms with Crippen LogP contribution in [0.5, 0.6) is 0 Å². The fourth-order valence-electron chi connectivity index (χ4n) is 0.915. The van der Waals surface area contributed by atoms with Gasteiger partial charge in [0.15, 0.2) is 0 Å². The average Bonchev–Trinajstić information content (AvgIpc) is 2.05. The molecule has 0 aromatic rings. The van der Waals surface area contributed by atoms with Gasteiger partial charge in [-0.25, -0.2) is 0 Å². The molecule has 0 aliphatic rings. The first-order valence-electron chi connectivity index (χ1n) is 4.73. The maximum atomic E-state index is 11.2. The van der Waals surface area contributed by atoms with E-state index in [1.165, 1.54) is 0 Å². The monoisotopic (exact) mass is 172 g/mol. The summed E-state index contributed by atoms with van der Waals surface area (Å²) in [7, 11) is 0. The average molecular weight is 172 g/mol. The molecule has 0 aliphatic carbocycles. The zero-order valence-electron chi connectivity index (χ0n) is 8.31. The van der Waals surface area contributed by atoms with Crippen LogP contribution in [0.2, 0.25) is 0 Å². The molecule has 0 spiro atoms. The zero-order chi connectivity index (χ0) is 9.40. The van der Waals surface area contributed by atoms with Crippen LogP contribution in [-0.4, -0.2) is 25.0 Å². The molecule has 0 radical (unpaired) electrons. The summed E-state index contributed by atoms with van der Waals surface area (Å²) in [4.78, 5) is 11.2. The molecule has 0 saturated heterocycles. The smallest absolute Gasteiger partial charge is 0.236 e. The van der Waals surface area contributed by atoms with Crippen LogP contribution in [-0.2, 0) is 4.79 Å². The standard InChI is InChI=1S/C9H20N2O/c1-4-6-7-11-8(3)9(12)10-5-2/h8,11H,4-7H2,1-3H3,(H,10,12). The topological polar surface area (TPSA) is 41.1 Å². The molecule has 1 atom stereocenters. The van der Waals surface area contributed by atoms with Crippen molar-refractivity contribution in [1.82, 2.24) is 10.6 Å². The Balaban J connectivity index is 3.42. The maximum Gasteiger partial charge on any atom is 0.236 e. The minimum absolute atomic E-state index is 0.0588. The molecule has 0 heterocycles. The molecule has 1 unspecified atom stereocenters. The van der Waals surface area contributed by atoms with E-state index in [0.29, 0.717) is 6.54 Å². The van der Waals surface area contributed by atoms with Gasteiger partial charge in [0.05, 0.1) is 6.04 Å². The quantitative estimate of drug-likeness (QED) is 0.584. The predicted octanol–water partition coefficient (Wildman–Crippen LogP) is 0.901. The number of carbonyl (C=O) groups excluding carboxylic acids is 1. The van der Waals surface area contributed by atoms with Crippen molar-refractivity contribution in [3.63, 3.8) is 0 Å². The molecule has 12 heavy (non-hydrogen) atoms. The first-order valence-corrected chi connectivity index (χ1v) is 4.73. The van der Waals surface area contributed by atoms with Crippen molar-refractivity contribution in [1.29, 1.82) is 0 Å². The van der Waals surface area contributed by atoms with Crippen molar-refractivity contribution < 1.29 is 4.79 Å². The molecule has 0 aliphatic heterocycles. The summed E-state index contributed by atoms with van der Waals surface area (Å²) in [6.45, 7) is 7.59. The molecule has 0 bridgehead atoms. The molecule has 72 valence electrons. The predicted molar refractivity (Wildman–Crippen MR) is 51.1 cm³/mol. The molecule has 0 fully saturated rings. The van der Waals surface area contributed by atoms with Crippen molar-refractivity contribution >= 4 is 5.91 Å². The molecule has 3 nitrogen and oxygen atoms in total. The Morgan fingerprint density at radius 2 is 2.08 bits per heavy atom. The third kappa shape index (κ3) is 5.13. The summed E-state index contributed by atoms with van der Waals surface area (Å²) >= 11 is 0. The van der Waals surface area contributed by atoms with Crippen molar-refractivity contribution in [3.05, 3.63) is 0 Å². The van der Waals surface area contributed by atoms with E-state index < -0.39 is 0 Å². The zero-order valence-corrected chi connectivity index (χ0v) is 8.31. The molecule has 0 saturated carbocycles. The second-order valence-corrected chi connectivity index (χ2v) is 2.92.